The summed E-state index contributed by atoms with van der Waals surface area (Å²) in [7, 11) is 0. The highest BCUT2D eigenvalue weighted by atomic mass is 16.4. The van der Waals surface area contributed by atoms with E-state index in [0.29, 0.717) is 23.0 Å². The summed E-state index contributed by atoms with van der Waals surface area (Å²) in [6.45, 7) is 2.25. The van der Waals surface area contributed by atoms with Crippen LogP contribution in [0.25, 0.3) is 27.4 Å². The summed E-state index contributed by atoms with van der Waals surface area (Å²) in [5.41, 5.74) is 0.353. The van der Waals surface area contributed by atoms with Crippen molar-refractivity contribution in [1.29, 1.82) is 0 Å². The highest BCUT2D eigenvalue weighted by Crippen LogP contribution is 2.33. The van der Waals surface area contributed by atoms with Crippen molar-refractivity contribution >= 4 is 39.3 Å². The number of aryl methyl sites for hydroxylation is 1. The third-order valence-electron chi connectivity index (χ3n) is 5.42. The lowest BCUT2D eigenvalue weighted by Crippen LogP contribution is -2.32. The van der Waals surface area contributed by atoms with Crippen molar-refractivity contribution in [1.82, 2.24) is 9.55 Å². The van der Waals surface area contributed by atoms with Crippen LogP contribution in [0.4, 0.5) is 0 Å². The van der Waals surface area contributed by atoms with E-state index in [9.17, 15) is 24.6 Å². The number of aromatic nitrogens is 2. The topological polar surface area (TPSA) is 125 Å². The number of benzene rings is 2. The molecule has 0 bridgehead atoms. The first-order valence-corrected chi connectivity index (χ1v) is 9.29. The Hall–Kier alpha value is -4.20. The van der Waals surface area contributed by atoms with Crippen LogP contribution in [-0.4, -0.2) is 31.6 Å². The van der Waals surface area contributed by atoms with E-state index in [2.05, 4.69) is 9.98 Å². The van der Waals surface area contributed by atoms with Crippen LogP contribution in [0.3, 0.4) is 0 Å². The number of carbonyl (C=O) groups is 2. The zero-order valence-electron chi connectivity index (χ0n) is 15.8. The molecule has 148 valence electrons. The van der Waals surface area contributed by atoms with Crippen molar-refractivity contribution in [2.24, 2.45) is 4.99 Å². The van der Waals surface area contributed by atoms with Gasteiger partial charge in [0.25, 0.3) is 5.91 Å². The fraction of sp³-hybridized carbons (Fsp3) is 0.0909. The molecular formula is C22H15N3O5. The van der Waals surface area contributed by atoms with Gasteiger partial charge in [0.2, 0.25) is 5.43 Å². The fourth-order valence-corrected chi connectivity index (χ4v) is 4.11. The van der Waals surface area contributed by atoms with Crippen molar-refractivity contribution in [3.05, 3.63) is 74.5 Å². The van der Waals surface area contributed by atoms with Crippen molar-refractivity contribution in [3.63, 3.8) is 0 Å². The van der Waals surface area contributed by atoms with Crippen molar-refractivity contribution in [2.45, 2.75) is 13.5 Å². The number of nitrogens with one attached hydrogen (secondary N) is 1. The molecule has 0 spiro atoms. The molecule has 0 saturated carbocycles. The van der Waals surface area contributed by atoms with Crippen molar-refractivity contribution < 1.29 is 19.8 Å². The predicted octanol–water partition coefficient (Wildman–Crippen LogP) is 1.27. The minimum Gasteiger partial charge on any atom is -0.494 e. The number of aromatic carboxylic acids is 1. The molecule has 30 heavy (non-hydrogen) atoms. The van der Waals surface area contributed by atoms with Gasteiger partial charge in [0.05, 0.1) is 27.4 Å². The molecule has 1 amide bonds. The van der Waals surface area contributed by atoms with Crippen LogP contribution in [0.15, 0.2) is 52.4 Å². The molecule has 0 unspecified atom stereocenters. The van der Waals surface area contributed by atoms with Gasteiger partial charge >= 0.3 is 5.97 Å². The monoisotopic (exact) mass is 401 g/mol. The fourth-order valence-electron chi connectivity index (χ4n) is 4.11. The zero-order valence-corrected chi connectivity index (χ0v) is 15.8. The van der Waals surface area contributed by atoms with Gasteiger partial charge in [0.1, 0.15) is 5.56 Å². The van der Waals surface area contributed by atoms with Gasteiger partial charge in [-0.1, -0.05) is 18.2 Å². The molecule has 5 rings (SSSR count). The first-order valence-electron chi connectivity index (χ1n) is 9.29. The minimum atomic E-state index is -1.35. The highest BCUT2D eigenvalue weighted by Gasteiger charge is 2.27. The first kappa shape index (κ1) is 17.9. The van der Waals surface area contributed by atoms with E-state index >= 15 is 0 Å². The molecule has 8 nitrogen and oxygen atoms in total. The smallest absolute Gasteiger partial charge is 0.341 e. The third-order valence-corrected chi connectivity index (χ3v) is 5.42. The Morgan fingerprint density at radius 3 is 2.67 bits per heavy atom. The van der Waals surface area contributed by atoms with E-state index in [1.807, 2.05) is 6.92 Å². The standard InChI is InChI=1S/C22H15N3O5/c1-2-25-9-11(22(29)30)19(26)17-14(25)8-7-13-16(17)18(21(28)24-13)15-10-5-3-4-6-12(10)23-20(15)27/h3-9,23,27H,2H2,1H3,(H,29,30). The average Bonchev–Trinajstić information content (AvgIpc) is 3.22. The van der Waals surface area contributed by atoms with E-state index < -0.39 is 17.3 Å². The summed E-state index contributed by atoms with van der Waals surface area (Å²) in [5.74, 6) is -2.16. The van der Waals surface area contributed by atoms with Gasteiger partial charge in [-0.2, -0.15) is 0 Å². The Kier molecular flexibility index (Phi) is 3.66. The number of aromatic amines is 1. The van der Waals surface area contributed by atoms with E-state index in [1.54, 1.807) is 41.0 Å². The second-order valence-electron chi connectivity index (χ2n) is 7.00. The van der Waals surface area contributed by atoms with E-state index in [-0.39, 0.29) is 38.5 Å². The number of aromatic hydroxyl groups is 1. The van der Waals surface area contributed by atoms with Gasteiger partial charge in [0.15, 0.2) is 5.88 Å². The number of H-pyrrole nitrogens is 1. The lowest BCUT2D eigenvalue weighted by Gasteiger charge is -2.10. The predicted molar refractivity (Wildman–Crippen MR) is 109 cm³/mol. The quantitative estimate of drug-likeness (QED) is 0.477. The number of amides is 1. The Balaban J connectivity index is 2.09. The SMILES string of the molecule is CCn1cc(C(=O)O)c(=O)c2c3c(ccc21)=NC(=O)C=3c1c(O)[nH]c2ccccc12. The molecule has 2 aromatic heterocycles. The second kappa shape index (κ2) is 6.15. The first-order chi connectivity index (χ1) is 14.4. The summed E-state index contributed by atoms with van der Waals surface area (Å²) in [6, 6.07) is 10.3. The minimum absolute atomic E-state index is 0.0767. The lowest BCUT2D eigenvalue weighted by atomic mass is 9.99. The molecule has 0 aliphatic carbocycles. The average molecular weight is 401 g/mol. The van der Waals surface area contributed by atoms with Crippen molar-refractivity contribution in [2.75, 3.05) is 0 Å². The van der Waals surface area contributed by atoms with Gasteiger partial charge in [-0.25, -0.2) is 9.79 Å². The number of carboxylic acids is 1. The van der Waals surface area contributed by atoms with Crippen LogP contribution < -0.4 is 16.0 Å². The number of hydrogen-bond acceptors (Lipinski definition) is 4. The normalized spacial score (nSPS) is 13.1. The van der Waals surface area contributed by atoms with E-state index in [1.165, 1.54) is 6.20 Å². The molecule has 3 N–H and O–H groups in total. The Morgan fingerprint density at radius 1 is 1.17 bits per heavy atom. The van der Waals surface area contributed by atoms with Gasteiger partial charge in [0, 0.05) is 28.9 Å². The maximum atomic E-state index is 13.1. The number of fused-ring (bicyclic) bond motifs is 4. The zero-order chi connectivity index (χ0) is 21.2. The van der Waals surface area contributed by atoms with Crippen molar-refractivity contribution in [3.8, 4) is 5.88 Å². The van der Waals surface area contributed by atoms with Gasteiger partial charge in [-0.3, -0.25) is 9.59 Å². The molecule has 3 heterocycles. The summed E-state index contributed by atoms with van der Waals surface area (Å²) in [4.78, 5) is 44.6. The molecule has 1 aliphatic rings. The Bertz CT molecular complexity index is 1610. The maximum absolute atomic E-state index is 13.1. The number of hydrogen-bond donors (Lipinski definition) is 3. The molecular weight excluding hydrogens is 386 g/mol. The number of carbonyl (C=O) groups excluding carboxylic acids is 1. The van der Waals surface area contributed by atoms with Crippen LogP contribution in [0.1, 0.15) is 22.8 Å². The van der Waals surface area contributed by atoms with E-state index in [4.69, 9.17) is 0 Å². The van der Waals surface area contributed by atoms with Gasteiger partial charge < -0.3 is 19.8 Å². The summed E-state index contributed by atoms with van der Waals surface area (Å²) in [5, 5.41) is 21.3. The van der Waals surface area contributed by atoms with Crippen LogP contribution >= 0.6 is 0 Å². The van der Waals surface area contributed by atoms with Crippen LogP contribution in [0.5, 0.6) is 5.88 Å². The summed E-state index contributed by atoms with van der Waals surface area (Å²) in [6.07, 6.45) is 1.30. The molecule has 8 heteroatoms. The number of rotatable bonds is 3. The Morgan fingerprint density at radius 2 is 1.93 bits per heavy atom. The molecule has 2 aromatic carbocycles. The lowest BCUT2D eigenvalue weighted by molar-refractivity contribution is -0.112. The molecule has 0 saturated heterocycles. The second-order valence-corrected chi connectivity index (χ2v) is 7.00. The van der Waals surface area contributed by atoms with Crippen LogP contribution in [0, 0.1) is 0 Å². The summed E-state index contributed by atoms with van der Waals surface area (Å²) >= 11 is 0. The highest BCUT2D eigenvalue weighted by molar-refractivity contribution is 6.26. The number of nitrogens with zero attached hydrogens (tertiary/aromatic N) is 2. The molecule has 0 fully saturated rings. The van der Waals surface area contributed by atoms with Crippen LogP contribution in [-0.2, 0) is 11.3 Å². The third kappa shape index (κ3) is 2.27. The number of para-hydroxylation sites is 1. The maximum Gasteiger partial charge on any atom is 0.341 e. The van der Waals surface area contributed by atoms with Gasteiger partial charge in [-0.05, 0) is 25.1 Å². The van der Waals surface area contributed by atoms with Crippen LogP contribution in [0.2, 0.25) is 0 Å². The Labute approximate surface area is 168 Å². The number of carboxylic acid groups (broad SMARTS) is 1. The molecule has 4 aromatic rings. The van der Waals surface area contributed by atoms with Gasteiger partial charge in [-0.15, -0.1) is 0 Å². The summed E-state index contributed by atoms with van der Waals surface area (Å²) < 4.78 is 1.65. The molecule has 1 aliphatic heterocycles. The molecule has 0 radical (unpaired) electrons. The largest absolute Gasteiger partial charge is 0.494 e. The van der Waals surface area contributed by atoms with E-state index in [0.717, 1.165) is 0 Å². The number of pyridine rings is 1. The molecule has 0 atom stereocenters.